The Morgan fingerprint density at radius 3 is 2.74 bits per heavy atom. The van der Waals surface area contributed by atoms with E-state index in [1.165, 1.54) is 24.3 Å². The predicted octanol–water partition coefficient (Wildman–Crippen LogP) is 3.13. The third-order valence-electron chi connectivity index (χ3n) is 4.75. The second kappa shape index (κ2) is 7.82. The molecule has 144 valence electrons. The number of piperazine rings is 1. The van der Waals surface area contributed by atoms with Crippen LogP contribution in [0, 0.1) is 5.82 Å². The van der Waals surface area contributed by atoms with Gasteiger partial charge in [0.2, 0.25) is 5.91 Å². The zero-order valence-corrected chi connectivity index (χ0v) is 15.5. The highest BCUT2D eigenvalue weighted by atomic mass is 19.1. The molecule has 2 amide bonds. The van der Waals surface area contributed by atoms with E-state index in [0.717, 1.165) is 6.42 Å². The van der Waals surface area contributed by atoms with Gasteiger partial charge in [-0.15, -0.1) is 0 Å². The van der Waals surface area contributed by atoms with E-state index in [-0.39, 0.29) is 30.0 Å². The van der Waals surface area contributed by atoms with Crippen LogP contribution >= 0.6 is 0 Å². The van der Waals surface area contributed by atoms with Crippen molar-refractivity contribution in [2.45, 2.75) is 38.8 Å². The maximum absolute atomic E-state index is 12.9. The minimum atomic E-state index is -0.887. The highest BCUT2D eigenvalue weighted by molar-refractivity contribution is 5.98. The van der Waals surface area contributed by atoms with Crippen LogP contribution < -0.4 is 10.1 Å². The molecule has 3 rings (SSSR count). The van der Waals surface area contributed by atoms with E-state index in [2.05, 4.69) is 5.32 Å². The highest BCUT2D eigenvalue weighted by Crippen LogP contribution is 2.27. The number of hydrogen-bond acceptors (Lipinski definition) is 4. The Balaban J connectivity index is 1.70. The number of ether oxygens (including phenoxy) is 1. The van der Waals surface area contributed by atoms with E-state index in [1.807, 2.05) is 6.92 Å². The fourth-order valence-electron chi connectivity index (χ4n) is 3.29. The van der Waals surface area contributed by atoms with Gasteiger partial charge >= 0.3 is 0 Å². The van der Waals surface area contributed by atoms with Crippen molar-refractivity contribution in [1.82, 2.24) is 10.2 Å². The molecule has 1 aromatic heterocycles. The molecule has 0 spiro atoms. The largest absolute Gasteiger partial charge is 0.486 e. The van der Waals surface area contributed by atoms with Crippen LogP contribution in [0.5, 0.6) is 5.75 Å². The van der Waals surface area contributed by atoms with Crippen molar-refractivity contribution in [2.24, 2.45) is 0 Å². The van der Waals surface area contributed by atoms with Crippen molar-refractivity contribution in [1.29, 1.82) is 0 Å². The van der Waals surface area contributed by atoms with Gasteiger partial charge < -0.3 is 19.4 Å². The lowest BCUT2D eigenvalue weighted by Crippen LogP contribution is -2.64. The average Bonchev–Trinajstić information content (AvgIpc) is 3.12. The summed E-state index contributed by atoms with van der Waals surface area (Å²) in [5.74, 6) is 0.355. The number of halogens is 1. The van der Waals surface area contributed by atoms with E-state index in [1.54, 1.807) is 24.0 Å². The molecule has 6 nitrogen and oxygen atoms in total. The third-order valence-corrected chi connectivity index (χ3v) is 4.75. The molecule has 0 radical (unpaired) electrons. The van der Waals surface area contributed by atoms with Crippen molar-refractivity contribution >= 4 is 11.8 Å². The second-order valence-corrected chi connectivity index (χ2v) is 6.75. The molecular formula is C20H23FN2O4. The summed E-state index contributed by atoms with van der Waals surface area (Å²) in [6, 6.07) is 8.91. The van der Waals surface area contributed by atoms with Gasteiger partial charge in [0, 0.05) is 13.1 Å². The first-order valence-corrected chi connectivity index (χ1v) is 9.01. The third kappa shape index (κ3) is 3.97. The molecule has 1 aliphatic heterocycles. The standard InChI is InChI=1S/C20H23FN2O4/c1-3-10-20(2)19(25)22-11-12-23(20)18(24)17-9-8-16(27-17)13-26-15-6-4-14(21)5-7-15/h4-9H,3,10-13H2,1-2H3,(H,22,25)/t20-/m0/s1. The van der Waals surface area contributed by atoms with Crippen LogP contribution in [0.25, 0.3) is 0 Å². The number of carbonyl (C=O) groups is 2. The SMILES string of the molecule is CCC[C@@]1(C)C(=O)NCCN1C(=O)c1ccc(COc2ccc(F)cc2)o1. The summed E-state index contributed by atoms with van der Waals surface area (Å²) in [5.41, 5.74) is -0.887. The molecule has 1 aromatic carbocycles. The molecule has 1 atom stereocenters. The van der Waals surface area contributed by atoms with Crippen LogP contribution in [0.15, 0.2) is 40.8 Å². The van der Waals surface area contributed by atoms with Crippen molar-refractivity contribution in [3.05, 3.63) is 53.7 Å². The van der Waals surface area contributed by atoms with Crippen molar-refractivity contribution in [3.8, 4) is 5.75 Å². The molecule has 7 heteroatoms. The van der Waals surface area contributed by atoms with Crippen molar-refractivity contribution in [2.75, 3.05) is 13.1 Å². The number of amides is 2. The van der Waals surface area contributed by atoms with Gasteiger partial charge in [0.1, 0.15) is 29.5 Å². The molecular weight excluding hydrogens is 351 g/mol. The molecule has 0 unspecified atom stereocenters. The Hall–Kier alpha value is -2.83. The number of furan rings is 1. The maximum atomic E-state index is 12.9. The molecule has 1 aliphatic rings. The van der Waals surface area contributed by atoms with Gasteiger partial charge in [0.05, 0.1) is 0 Å². The number of carbonyl (C=O) groups excluding carboxylic acids is 2. The number of hydrogen-bond donors (Lipinski definition) is 1. The summed E-state index contributed by atoms with van der Waals surface area (Å²) in [4.78, 5) is 26.9. The zero-order chi connectivity index (χ0) is 19.4. The summed E-state index contributed by atoms with van der Waals surface area (Å²) in [6.07, 6.45) is 1.36. The number of benzene rings is 1. The van der Waals surface area contributed by atoms with E-state index >= 15 is 0 Å². The average molecular weight is 374 g/mol. The molecule has 1 fully saturated rings. The van der Waals surface area contributed by atoms with Gasteiger partial charge in [-0.05, 0) is 49.7 Å². The van der Waals surface area contributed by atoms with Crippen LogP contribution in [0.3, 0.4) is 0 Å². The van der Waals surface area contributed by atoms with Gasteiger partial charge in [-0.2, -0.15) is 0 Å². The summed E-state index contributed by atoms with van der Waals surface area (Å²) < 4.78 is 24.1. The maximum Gasteiger partial charge on any atom is 0.290 e. The Bertz CT molecular complexity index is 818. The van der Waals surface area contributed by atoms with E-state index in [9.17, 15) is 14.0 Å². The lowest BCUT2D eigenvalue weighted by molar-refractivity contribution is -0.134. The Morgan fingerprint density at radius 1 is 1.30 bits per heavy atom. The fourth-order valence-corrected chi connectivity index (χ4v) is 3.29. The lowest BCUT2D eigenvalue weighted by atomic mass is 9.90. The molecule has 1 N–H and O–H groups in total. The number of nitrogens with zero attached hydrogens (tertiary/aromatic N) is 1. The monoisotopic (exact) mass is 374 g/mol. The normalized spacial score (nSPS) is 19.7. The topological polar surface area (TPSA) is 71.8 Å². The van der Waals surface area contributed by atoms with E-state index in [4.69, 9.17) is 9.15 Å². The zero-order valence-electron chi connectivity index (χ0n) is 15.5. The van der Waals surface area contributed by atoms with Gasteiger partial charge in [0.25, 0.3) is 5.91 Å². The van der Waals surface area contributed by atoms with Crippen LogP contribution in [0.4, 0.5) is 4.39 Å². The van der Waals surface area contributed by atoms with Crippen molar-refractivity contribution < 1.29 is 23.1 Å². The minimum Gasteiger partial charge on any atom is -0.486 e. The molecule has 27 heavy (non-hydrogen) atoms. The van der Waals surface area contributed by atoms with Gasteiger partial charge in [0.15, 0.2) is 5.76 Å². The summed E-state index contributed by atoms with van der Waals surface area (Å²) in [7, 11) is 0. The first-order valence-electron chi connectivity index (χ1n) is 9.01. The highest BCUT2D eigenvalue weighted by Gasteiger charge is 2.44. The molecule has 0 bridgehead atoms. The number of rotatable bonds is 6. The Morgan fingerprint density at radius 2 is 2.04 bits per heavy atom. The van der Waals surface area contributed by atoms with E-state index < -0.39 is 5.54 Å². The first-order chi connectivity index (χ1) is 12.9. The quantitative estimate of drug-likeness (QED) is 0.843. The molecule has 2 heterocycles. The van der Waals surface area contributed by atoms with Gasteiger partial charge in [-0.1, -0.05) is 13.3 Å². The Labute approximate surface area is 157 Å². The lowest BCUT2D eigenvalue weighted by Gasteiger charge is -2.43. The van der Waals surface area contributed by atoms with Crippen LogP contribution in [0.2, 0.25) is 0 Å². The predicted molar refractivity (Wildman–Crippen MR) is 96.8 cm³/mol. The first kappa shape index (κ1) is 18.9. The Kier molecular flexibility index (Phi) is 5.48. The van der Waals surface area contributed by atoms with Crippen LogP contribution in [-0.2, 0) is 11.4 Å². The molecule has 0 saturated carbocycles. The minimum absolute atomic E-state index is 0.117. The van der Waals surface area contributed by atoms with Gasteiger partial charge in [-0.25, -0.2) is 4.39 Å². The second-order valence-electron chi connectivity index (χ2n) is 6.75. The number of nitrogens with one attached hydrogen (secondary N) is 1. The van der Waals surface area contributed by atoms with Crippen molar-refractivity contribution in [3.63, 3.8) is 0 Å². The summed E-state index contributed by atoms with van der Waals surface area (Å²) in [5, 5.41) is 2.83. The van der Waals surface area contributed by atoms with Gasteiger partial charge in [-0.3, -0.25) is 9.59 Å². The molecule has 0 aliphatic carbocycles. The smallest absolute Gasteiger partial charge is 0.290 e. The molecule has 1 saturated heterocycles. The van der Waals surface area contributed by atoms with E-state index in [0.29, 0.717) is 31.0 Å². The molecule has 2 aromatic rings. The summed E-state index contributed by atoms with van der Waals surface area (Å²) >= 11 is 0. The fraction of sp³-hybridized carbons (Fsp3) is 0.400. The van der Waals surface area contributed by atoms with Crippen LogP contribution in [0.1, 0.15) is 43.0 Å². The van der Waals surface area contributed by atoms with Crippen LogP contribution in [-0.4, -0.2) is 35.3 Å². The summed E-state index contributed by atoms with van der Waals surface area (Å²) in [6.45, 7) is 4.73.